The molecule has 1 aromatic heterocycles. The number of pyridine rings is 1. The normalized spacial score (nSPS) is 10.7. The van der Waals surface area contributed by atoms with Crippen LogP contribution in [0.2, 0.25) is 0 Å². The van der Waals surface area contributed by atoms with E-state index in [1.165, 1.54) is 20.3 Å². The van der Waals surface area contributed by atoms with Gasteiger partial charge in [0.1, 0.15) is 0 Å². The van der Waals surface area contributed by atoms with Crippen LogP contribution in [0.5, 0.6) is 11.5 Å². The van der Waals surface area contributed by atoms with Gasteiger partial charge in [-0.2, -0.15) is 0 Å². The van der Waals surface area contributed by atoms with Gasteiger partial charge in [0.05, 0.1) is 45.1 Å². The molecule has 0 amide bonds. The minimum atomic E-state index is -0.734. The van der Waals surface area contributed by atoms with Crippen LogP contribution in [0.3, 0.4) is 0 Å². The Bertz CT molecular complexity index is 1540. The maximum Gasteiger partial charge on any atom is 0.339 e. The van der Waals surface area contributed by atoms with Gasteiger partial charge in [0.2, 0.25) is 0 Å². The molecule has 4 aromatic rings. The monoisotopic (exact) mass is 515 g/mol. The van der Waals surface area contributed by atoms with Crippen LogP contribution >= 0.6 is 0 Å². The van der Waals surface area contributed by atoms with E-state index in [2.05, 4.69) is 0 Å². The van der Waals surface area contributed by atoms with Crippen molar-refractivity contribution in [3.63, 3.8) is 0 Å². The first-order valence-electron chi connectivity index (χ1n) is 12.2. The zero-order valence-electron chi connectivity index (χ0n) is 21.8. The Balaban J connectivity index is 2.03. The zero-order chi connectivity index (χ0) is 27.2. The maximum atomic E-state index is 13.2. The van der Waals surface area contributed by atoms with Gasteiger partial charge in [0, 0.05) is 17.8 Å². The second-order valence-electron chi connectivity index (χ2n) is 8.41. The van der Waals surface area contributed by atoms with Crippen LogP contribution in [0.25, 0.3) is 21.9 Å². The van der Waals surface area contributed by atoms with E-state index in [0.717, 1.165) is 5.56 Å². The fraction of sp³-hybridized carbons (Fsp3) is 0.233. The van der Waals surface area contributed by atoms with Crippen LogP contribution in [0.1, 0.15) is 40.1 Å². The number of carbonyl (C=O) groups excluding carboxylic acids is 2. The zero-order valence-corrected chi connectivity index (χ0v) is 21.8. The van der Waals surface area contributed by atoms with Crippen molar-refractivity contribution >= 4 is 22.7 Å². The topological polar surface area (TPSA) is 93.1 Å². The van der Waals surface area contributed by atoms with Crippen molar-refractivity contribution < 1.29 is 28.5 Å². The molecule has 0 unspecified atom stereocenters. The molecule has 0 saturated heterocycles. The Hall–Kier alpha value is -4.59. The molecule has 0 atom stereocenters. The number of esters is 2. The summed E-state index contributed by atoms with van der Waals surface area (Å²) in [7, 11) is 2.47. The van der Waals surface area contributed by atoms with E-state index < -0.39 is 11.9 Å². The molecule has 1 heterocycles. The number of aromatic nitrogens is 1. The quantitative estimate of drug-likeness (QED) is 0.287. The number of hydrogen-bond donors (Lipinski definition) is 0. The Labute approximate surface area is 220 Å². The largest absolute Gasteiger partial charge is 0.490 e. The fourth-order valence-corrected chi connectivity index (χ4v) is 4.40. The number of nitrogens with zero attached hydrogens (tertiary/aromatic N) is 1. The third kappa shape index (κ3) is 5.25. The van der Waals surface area contributed by atoms with Gasteiger partial charge in [-0.05, 0) is 60.0 Å². The van der Waals surface area contributed by atoms with Crippen LogP contribution in [-0.4, -0.2) is 43.9 Å². The van der Waals surface area contributed by atoms with Crippen LogP contribution in [0.15, 0.2) is 71.7 Å². The Morgan fingerprint density at radius 2 is 1.47 bits per heavy atom. The predicted molar refractivity (Wildman–Crippen MR) is 144 cm³/mol. The SMILES string of the molecule is CCOc1cc2cc(C(=O)OC)c(C(=O)OC)c(-c3ccn(Cc4ccccc4)c(=O)c3)c2cc1OCC. The third-order valence-corrected chi connectivity index (χ3v) is 6.08. The molecule has 0 aliphatic heterocycles. The van der Waals surface area contributed by atoms with E-state index in [-0.39, 0.29) is 16.7 Å². The van der Waals surface area contributed by atoms with Crippen molar-refractivity contribution in [3.05, 3.63) is 93.9 Å². The van der Waals surface area contributed by atoms with Gasteiger partial charge in [-0.1, -0.05) is 30.3 Å². The minimum Gasteiger partial charge on any atom is -0.490 e. The summed E-state index contributed by atoms with van der Waals surface area (Å²) in [6, 6.07) is 17.9. The maximum absolute atomic E-state index is 13.2. The van der Waals surface area contributed by atoms with Gasteiger partial charge in [-0.25, -0.2) is 9.59 Å². The molecule has 38 heavy (non-hydrogen) atoms. The van der Waals surface area contributed by atoms with E-state index in [1.54, 1.807) is 35.0 Å². The highest BCUT2D eigenvalue weighted by atomic mass is 16.5. The van der Waals surface area contributed by atoms with E-state index in [0.29, 0.717) is 53.2 Å². The second kappa shape index (κ2) is 11.6. The summed E-state index contributed by atoms with van der Waals surface area (Å²) < 4.78 is 23.2. The fourth-order valence-electron chi connectivity index (χ4n) is 4.40. The molecule has 8 nitrogen and oxygen atoms in total. The first-order valence-corrected chi connectivity index (χ1v) is 12.2. The lowest BCUT2D eigenvalue weighted by atomic mass is 9.89. The molecule has 4 rings (SSSR count). The van der Waals surface area contributed by atoms with Crippen LogP contribution in [-0.2, 0) is 16.0 Å². The summed E-state index contributed by atoms with van der Waals surface area (Å²) in [4.78, 5) is 39.1. The Morgan fingerprint density at radius 3 is 2.08 bits per heavy atom. The van der Waals surface area contributed by atoms with Gasteiger partial charge in [0.15, 0.2) is 11.5 Å². The number of rotatable bonds is 9. The predicted octanol–water partition coefficient (Wildman–Crippen LogP) is 5.09. The lowest BCUT2D eigenvalue weighted by molar-refractivity contribution is 0.0556. The average molecular weight is 516 g/mol. The molecule has 0 bridgehead atoms. The molecule has 0 fully saturated rings. The van der Waals surface area contributed by atoms with Gasteiger partial charge in [-0.15, -0.1) is 0 Å². The van der Waals surface area contributed by atoms with Crippen molar-refractivity contribution in [2.24, 2.45) is 0 Å². The number of benzene rings is 3. The molecule has 0 spiro atoms. The molecule has 0 aliphatic rings. The first kappa shape index (κ1) is 26.5. The van der Waals surface area contributed by atoms with Crippen molar-refractivity contribution in [3.8, 4) is 22.6 Å². The Kier molecular flexibility index (Phi) is 8.11. The molecule has 8 heteroatoms. The molecule has 0 N–H and O–H groups in total. The highest BCUT2D eigenvalue weighted by molar-refractivity contribution is 6.15. The third-order valence-electron chi connectivity index (χ3n) is 6.08. The number of methoxy groups -OCH3 is 2. The van der Waals surface area contributed by atoms with E-state index in [1.807, 2.05) is 44.2 Å². The lowest BCUT2D eigenvalue weighted by Gasteiger charge is -2.19. The number of hydrogen-bond acceptors (Lipinski definition) is 7. The van der Waals surface area contributed by atoms with Gasteiger partial charge < -0.3 is 23.5 Å². The van der Waals surface area contributed by atoms with Crippen LogP contribution in [0.4, 0.5) is 0 Å². The van der Waals surface area contributed by atoms with Gasteiger partial charge in [-0.3, -0.25) is 4.79 Å². The summed E-state index contributed by atoms with van der Waals surface area (Å²) >= 11 is 0. The summed E-state index contributed by atoms with van der Waals surface area (Å²) in [5.41, 5.74) is 1.53. The molecule has 196 valence electrons. The molecule has 0 aliphatic carbocycles. The summed E-state index contributed by atoms with van der Waals surface area (Å²) in [6.07, 6.45) is 1.67. The molecular weight excluding hydrogens is 486 g/mol. The second-order valence-corrected chi connectivity index (χ2v) is 8.41. The highest BCUT2D eigenvalue weighted by Gasteiger charge is 2.27. The van der Waals surface area contributed by atoms with E-state index in [4.69, 9.17) is 18.9 Å². The van der Waals surface area contributed by atoms with Crippen molar-refractivity contribution in [1.29, 1.82) is 0 Å². The summed E-state index contributed by atoms with van der Waals surface area (Å²) in [5.74, 6) is -0.477. The lowest BCUT2D eigenvalue weighted by Crippen LogP contribution is -2.20. The van der Waals surface area contributed by atoms with Crippen LogP contribution in [0, 0.1) is 0 Å². The number of ether oxygens (including phenoxy) is 4. The van der Waals surface area contributed by atoms with Crippen molar-refractivity contribution in [2.75, 3.05) is 27.4 Å². The van der Waals surface area contributed by atoms with E-state index in [9.17, 15) is 14.4 Å². The molecular formula is C30H29NO7. The average Bonchev–Trinajstić information content (AvgIpc) is 2.93. The molecule has 3 aromatic carbocycles. The van der Waals surface area contributed by atoms with E-state index >= 15 is 0 Å². The first-order chi connectivity index (χ1) is 18.4. The highest BCUT2D eigenvalue weighted by Crippen LogP contribution is 2.41. The van der Waals surface area contributed by atoms with Gasteiger partial charge in [0.25, 0.3) is 5.56 Å². The molecule has 0 radical (unpaired) electrons. The summed E-state index contributed by atoms with van der Waals surface area (Å²) in [6.45, 7) is 4.89. The number of carbonyl (C=O) groups is 2. The molecule has 0 saturated carbocycles. The van der Waals surface area contributed by atoms with Gasteiger partial charge >= 0.3 is 11.9 Å². The smallest absolute Gasteiger partial charge is 0.339 e. The van der Waals surface area contributed by atoms with Crippen LogP contribution < -0.4 is 15.0 Å². The minimum absolute atomic E-state index is 0.00123. The summed E-state index contributed by atoms with van der Waals surface area (Å²) in [5, 5.41) is 1.19. The standard InChI is InChI=1S/C30H29NO7/c1-5-37-24-15-21-14-23(29(33)35-3)28(30(34)36-4)27(22(21)17-25(24)38-6-2)20-12-13-31(26(32)16-20)18-19-10-8-7-9-11-19/h7-17H,5-6,18H2,1-4H3. The number of fused-ring (bicyclic) bond motifs is 1. The van der Waals surface area contributed by atoms with Crippen molar-refractivity contribution in [2.45, 2.75) is 20.4 Å². The van der Waals surface area contributed by atoms with Crippen molar-refractivity contribution in [1.82, 2.24) is 4.57 Å². The Morgan fingerprint density at radius 1 is 0.816 bits per heavy atom.